The van der Waals surface area contributed by atoms with Crippen LogP contribution in [0.5, 0.6) is 6.01 Å². The summed E-state index contributed by atoms with van der Waals surface area (Å²) in [4.78, 5) is 25.9. The number of amides is 1. The lowest BCUT2D eigenvalue weighted by Gasteiger charge is -2.31. The molecule has 3 heterocycles. The van der Waals surface area contributed by atoms with Crippen LogP contribution in [0.2, 0.25) is 0 Å². The summed E-state index contributed by atoms with van der Waals surface area (Å²) in [5, 5.41) is 3.91. The van der Waals surface area contributed by atoms with Gasteiger partial charge in [-0.25, -0.2) is 14.8 Å². The van der Waals surface area contributed by atoms with Crippen molar-refractivity contribution in [2.75, 3.05) is 20.2 Å². The number of hydrogen-bond donors (Lipinski definition) is 0. The van der Waals surface area contributed by atoms with Gasteiger partial charge in [0.15, 0.2) is 0 Å². The Balaban J connectivity index is 1.46. The molecular weight excluding hydrogens is 354 g/mol. The maximum atomic E-state index is 11.9. The average molecular weight is 377 g/mol. The Morgan fingerprint density at radius 2 is 2.00 bits per heavy atom. The van der Waals surface area contributed by atoms with E-state index in [1.807, 2.05) is 13.8 Å². The quantitative estimate of drug-likeness (QED) is 0.746. The minimum Gasteiger partial charge on any atom is -0.467 e. The van der Waals surface area contributed by atoms with Gasteiger partial charge in [-0.2, -0.15) is 4.98 Å². The van der Waals surface area contributed by atoms with Crippen LogP contribution in [0.4, 0.5) is 4.79 Å². The number of rotatable bonds is 6. The fraction of sp³-hybridized carbons (Fsp3) is 0.588. The molecule has 0 unspecified atom stereocenters. The van der Waals surface area contributed by atoms with Crippen LogP contribution < -0.4 is 4.74 Å². The van der Waals surface area contributed by atoms with Crippen LogP contribution >= 0.6 is 0 Å². The highest BCUT2D eigenvalue weighted by atomic mass is 16.6. The van der Waals surface area contributed by atoms with Gasteiger partial charge in [-0.15, -0.1) is 0 Å². The van der Waals surface area contributed by atoms with E-state index >= 15 is 0 Å². The molecule has 1 aliphatic rings. The van der Waals surface area contributed by atoms with Gasteiger partial charge < -0.3 is 23.6 Å². The van der Waals surface area contributed by atoms with Gasteiger partial charge in [-0.05, 0) is 26.7 Å². The van der Waals surface area contributed by atoms with Gasteiger partial charge in [0.05, 0.1) is 24.9 Å². The molecule has 0 bridgehead atoms. The molecule has 2 aromatic heterocycles. The van der Waals surface area contributed by atoms with E-state index in [-0.39, 0.29) is 30.9 Å². The maximum Gasteiger partial charge on any atom is 0.410 e. The first kappa shape index (κ1) is 19.0. The van der Waals surface area contributed by atoms with E-state index < -0.39 is 0 Å². The highest BCUT2D eigenvalue weighted by Crippen LogP contribution is 2.18. The fourth-order valence-electron chi connectivity index (χ4n) is 2.64. The molecule has 10 nitrogen and oxygen atoms in total. The molecule has 10 heteroatoms. The number of hydrogen-bond acceptors (Lipinski definition) is 9. The number of aromatic nitrogens is 4. The number of likely N-dealkylation sites (tertiary alicyclic amines) is 1. The van der Waals surface area contributed by atoms with Crippen molar-refractivity contribution >= 4 is 6.09 Å². The van der Waals surface area contributed by atoms with Crippen molar-refractivity contribution in [1.29, 1.82) is 0 Å². The van der Waals surface area contributed by atoms with Gasteiger partial charge in [0.2, 0.25) is 5.82 Å². The second-order valence-electron chi connectivity index (χ2n) is 6.40. The first-order valence-corrected chi connectivity index (χ1v) is 8.81. The van der Waals surface area contributed by atoms with E-state index in [9.17, 15) is 4.79 Å². The summed E-state index contributed by atoms with van der Waals surface area (Å²) in [7, 11) is 1.50. The molecule has 0 aromatic carbocycles. The summed E-state index contributed by atoms with van der Waals surface area (Å²) in [5.41, 5.74) is 0.628. The third-order valence-corrected chi connectivity index (χ3v) is 4.02. The number of nitrogens with zero attached hydrogens (tertiary/aromatic N) is 5. The topological polar surface area (TPSA) is 113 Å². The van der Waals surface area contributed by atoms with Crippen LogP contribution in [-0.2, 0) is 16.1 Å². The second kappa shape index (κ2) is 8.76. The van der Waals surface area contributed by atoms with Gasteiger partial charge in [-0.3, -0.25) is 0 Å². The van der Waals surface area contributed by atoms with Gasteiger partial charge >= 0.3 is 12.1 Å². The van der Waals surface area contributed by atoms with Crippen LogP contribution in [-0.4, -0.2) is 63.5 Å². The minimum atomic E-state index is -0.272. The monoisotopic (exact) mass is 377 g/mol. The molecule has 1 saturated heterocycles. The zero-order valence-corrected chi connectivity index (χ0v) is 15.6. The molecule has 1 amide bonds. The predicted octanol–water partition coefficient (Wildman–Crippen LogP) is 2.06. The van der Waals surface area contributed by atoms with Crippen molar-refractivity contribution in [3.05, 3.63) is 18.3 Å². The van der Waals surface area contributed by atoms with E-state index in [1.54, 1.807) is 17.3 Å². The number of ether oxygens (including phenoxy) is 3. The molecule has 0 aliphatic carbocycles. The molecule has 0 saturated carbocycles. The Morgan fingerprint density at radius 1 is 1.30 bits per heavy atom. The molecule has 1 aliphatic heterocycles. The van der Waals surface area contributed by atoms with Gasteiger partial charge in [0.1, 0.15) is 6.61 Å². The number of carbonyl (C=O) groups is 1. The zero-order valence-electron chi connectivity index (χ0n) is 15.6. The SMILES string of the molecule is COc1ncc(-c2noc(COC3CCN(C(=O)OC(C)C)CC3)n2)cn1. The number of methoxy groups -OCH3 is 1. The molecule has 2 aromatic rings. The fourth-order valence-corrected chi connectivity index (χ4v) is 2.64. The van der Waals surface area contributed by atoms with Crippen LogP contribution in [0.1, 0.15) is 32.6 Å². The van der Waals surface area contributed by atoms with Crippen molar-refractivity contribution in [2.24, 2.45) is 0 Å². The third-order valence-electron chi connectivity index (χ3n) is 4.02. The second-order valence-corrected chi connectivity index (χ2v) is 6.40. The molecule has 1 fully saturated rings. The average Bonchev–Trinajstić information content (AvgIpc) is 3.15. The molecule has 0 spiro atoms. The first-order chi connectivity index (χ1) is 13.0. The number of carbonyl (C=O) groups excluding carboxylic acids is 1. The Morgan fingerprint density at radius 3 is 2.63 bits per heavy atom. The van der Waals surface area contributed by atoms with Gasteiger partial charge in [-0.1, -0.05) is 5.16 Å². The Hall–Kier alpha value is -2.75. The van der Waals surface area contributed by atoms with E-state index in [0.29, 0.717) is 30.4 Å². The van der Waals surface area contributed by atoms with Crippen LogP contribution in [0.25, 0.3) is 11.4 Å². The summed E-state index contributed by atoms with van der Waals surface area (Å²) in [6.45, 7) is 5.10. The molecule has 0 N–H and O–H groups in total. The molecule has 3 rings (SSSR count). The van der Waals surface area contributed by atoms with E-state index in [4.69, 9.17) is 18.7 Å². The Bertz CT molecular complexity index is 740. The Labute approximate surface area is 156 Å². The normalized spacial score (nSPS) is 15.2. The lowest BCUT2D eigenvalue weighted by atomic mass is 10.1. The summed E-state index contributed by atoms with van der Waals surface area (Å²) in [6.07, 6.45) is 4.25. The standard InChI is InChI=1S/C17H23N5O5/c1-11(2)26-17(23)22-6-4-13(5-7-22)25-10-14-20-15(21-27-14)12-8-18-16(24-3)19-9-12/h8-9,11,13H,4-7,10H2,1-3H3. The lowest BCUT2D eigenvalue weighted by molar-refractivity contribution is -0.0147. The highest BCUT2D eigenvalue weighted by molar-refractivity contribution is 5.67. The largest absolute Gasteiger partial charge is 0.467 e. The first-order valence-electron chi connectivity index (χ1n) is 8.81. The van der Waals surface area contributed by atoms with Crippen molar-refractivity contribution < 1.29 is 23.5 Å². The third kappa shape index (κ3) is 5.13. The molecule has 146 valence electrons. The highest BCUT2D eigenvalue weighted by Gasteiger charge is 2.25. The molecular formula is C17H23N5O5. The molecule has 27 heavy (non-hydrogen) atoms. The van der Waals surface area contributed by atoms with Crippen molar-refractivity contribution in [2.45, 2.75) is 45.5 Å². The summed E-state index contributed by atoms with van der Waals surface area (Å²) >= 11 is 0. The van der Waals surface area contributed by atoms with Crippen LogP contribution in [0, 0.1) is 0 Å². The summed E-state index contributed by atoms with van der Waals surface area (Å²) in [5.74, 6) is 0.768. The van der Waals surface area contributed by atoms with E-state index in [2.05, 4.69) is 20.1 Å². The van der Waals surface area contributed by atoms with Crippen molar-refractivity contribution in [3.8, 4) is 17.4 Å². The maximum absolute atomic E-state index is 11.9. The number of piperidine rings is 1. The van der Waals surface area contributed by atoms with Gasteiger partial charge in [0.25, 0.3) is 5.89 Å². The smallest absolute Gasteiger partial charge is 0.410 e. The predicted molar refractivity (Wildman–Crippen MR) is 92.9 cm³/mol. The van der Waals surface area contributed by atoms with Crippen LogP contribution in [0.15, 0.2) is 16.9 Å². The van der Waals surface area contributed by atoms with Gasteiger partial charge in [0, 0.05) is 25.5 Å². The van der Waals surface area contributed by atoms with E-state index in [0.717, 1.165) is 12.8 Å². The Kier molecular flexibility index (Phi) is 6.17. The van der Waals surface area contributed by atoms with Crippen LogP contribution in [0.3, 0.4) is 0 Å². The zero-order chi connectivity index (χ0) is 19.2. The van der Waals surface area contributed by atoms with Crippen molar-refractivity contribution in [1.82, 2.24) is 25.0 Å². The summed E-state index contributed by atoms with van der Waals surface area (Å²) in [6, 6.07) is 0.273. The summed E-state index contributed by atoms with van der Waals surface area (Å²) < 4.78 is 21.2. The van der Waals surface area contributed by atoms with Crippen molar-refractivity contribution in [3.63, 3.8) is 0 Å². The minimum absolute atomic E-state index is 0.0350. The molecule has 0 atom stereocenters. The van der Waals surface area contributed by atoms with E-state index in [1.165, 1.54) is 7.11 Å². The lowest BCUT2D eigenvalue weighted by Crippen LogP contribution is -2.41. The molecule has 0 radical (unpaired) electrons.